The molecule has 1 heterocycles. The first-order chi connectivity index (χ1) is 13.4. The number of rotatable bonds is 9. The highest BCUT2D eigenvalue weighted by atomic mass is 32.2. The number of hydrogen-bond acceptors (Lipinski definition) is 5. The maximum absolute atomic E-state index is 11.5. The van der Waals surface area contributed by atoms with E-state index < -0.39 is 9.84 Å². The van der Waals surface area contributed by atoms with Crippen molar-refractivity contribution in [2.45, 2.75) is 33.7 Å². The number of aryl methyl sites for hydroxylation is 1. The lowest BCUT2D eigenvalue weighted by Crippen LogP contribution is -2.45. The molecule has 0 spiro atoms. The van der Waals surface area contributed by atoms with Crippen molar-refractivity contribution in [2.75, 3.05) is 50.8 Å². The van der Waals surface area contributed by atoms with Crippen LogP contribution in [0.15, 0.2) is 23.2 Å². The van der Waals surface area contributed by atoms with Crippen LogP contribution in [0.2, 0.25) is 0 Å². The molecule has 0 atom stereocenters. The van der Waals surface area contributed by atoms with Crippen LogP contribution in [0, 0.1) is 6.92 Å². The summed E-state index contributed by atoms with van der Waals surface area (Å²) in [7, 11) is -2.83. The number of aliphatic imine (C=N–C) groups is 1. The third-order valence-corrected chi connectivity index (χ3v) is 6.20. The zero-order valence-corrected chi connectivity index (χ0v) is 18.1. The highest BCUT2D eigenvalue weighted by Crippen LogP contribution is 2.21. The largest absolute Gasteiger partial charge is 0.493 e. The first kappa shape index (κ1) is 22.5. The number of benzene rings is 1. The molecule has 2 N–H and O–H groups in total. The third-order valence-electron chi connectivity index (χ3n) is 4.59. The summed E-state index contributed by atoms with van der Waals surface area (Å²) < 4.78 is 28.9. The zero-order valence-electron chi connectivity index (χ0n) is 17.3. The normalized spacial score (nSPS) is 17.3. The summed E-state index contributed by atoms with van der Waals surface area (Å²) in [5, 5.41) is 6.60. The Balaban J connectivity index is 1.90. The molecule has 0 radical (unpaired) electrons. The predicted octanol–water partition coefficient (Wildman–Crippen LogP) is 1.57. The second-order valence-electron chi connectivity index (χ2n) is 7.08. The van der Waals surface area contributed by atoms with E-state index >= 15 is 0 Å². The second kappa shape index (κ2) is 11.3. The molecule has 0 aliphatic carbocycles. The van der Waals surface area contributed by atoms with E-state index in [0.29, 0.717) is 26.2 Å². The standard InChI is InChI=1S/C20H34N4O3S/c1-4-12-27-19-15-17(3)6-7-18(19)16-23-20(21-5-2)22-8-9-24-10-13-28(25,26)14-11-24/h6-7,15H,4-5,8-14,16H2,1-3H3,(H2,21,22,23). The highest BCUT2D eigenvalue weighted by Gasteiger charge is 2.20. The van der Waals surface area contributed by atoms with Gasteiger partial charge in [0.15, 0.2) is 15.8 Å². The Labute approximate surface area is 169 Å². The molecule has 0 unspecified atom stereocenters. The summed E-state index contributed by atoms with van der Waals surface area (Å²) in [5.41, 5.74) is 2.24. The van der Waals surface area contributed by atoms with Crippen LogP contribution in [0.4, 0.5) is 0 Å². The molecule has 1 saturated heterocycles. The van der Waals surface area contributed by atoms with Crippen molar-refractivity contribution in [3.05, 3.63) is 29.3 Å². The monoisotopic (exact) mass is 410 g/mol. The van der Waals surface area contributed by atoms with E-state index in [2.05, 4.69) is 52.6 Å². The fourth-order valence-electron chi connectivity index (χ4n) is 2.95. The lowest BCUT2D eigenvalue weighted by molar-refractivity contribution is 0.299. The number of hydrogen-bond donors (Lipinski definition) is 2. The molecule has 1 aromatic rings. The molecule has 28 heavy (non-hydrogen) atoms. The maximum Gasteiger partial charge on any atom is 0.191 e. The molecule has 1 aliphatic heterocycles. The van der Waals surface area contributed by atoms with Gasteiger partial charge in [-0.25, -0.2) is 13.4 Å². The van der Waals surface area contributed by atoms with Gasteiger partial charge in [-0.05, 0) is 31.9 Å². The molecule has 7 nitrogen and oxygen atoms in total. The van der Waals surface area contributed by atoms with E-state index in [9.17, 15) is 8.42 Å². The average Bonchev–Trinajstić information content (AvgIpc) is 2.66. The topological polar surface area (TPSA) is 83.0 Å². The van der Waals surface area contributed by atoms with E-state index in [0.717, 1.165) is 43.3 Å². The van der Waals surface area contributed by atoms with Crippen molar-refractivity contribution in [1.29, 1.82) is 0 Å². The highest BCUT2D eigenvalue weighted by molar-refractivity contribution is 7.91. The van der Waals surface area contributed by atoms with Gasteiger partial charge in [0, 0.05) is 38.3 Å². The molecule has 0 amide bonds. The van der Waals surface area contributed by atoms with Gasteiger partial charge in [0.2, 0.25) is 0 Å². The van der Waals surface area contributed by atoms with Gasteiger partial charge in [0.05, 0.1) is 24.7 Å². The molecule has 0 saturated carbocycles. The van der Waals surface area contributed by atoms with Gasteiger partial charge in [0.1, 0.15) is 5.75 Å². The molecule has 158 valence electrons. The van der Waals surface area contributed by atoms with Gasteiger partial charge in [0.25, 0.3) is 0 Å². The Bertz CT molecular complexity index is 736. The smallest absolute Gasteiger partial charge is 0.191 e. The number of nitrogens with zero attached hydrogens (tertiary/aromatic N) is 2. The first-order valence-electron chi connectivity index (χ1n) is 10.1. The van der Waals surface area contributed by atoms with Crippen molar-refractivity contribution in [2.24, 2.45) is 4.99 Å². The number of nitrogens with one attached hydrogen (secondary N) is 2. The van der Waals surface area contributed by atoms with Crippen LogP contribution in [0.25, 0.3) is 0 Å². The first-order valence-corrected chi connectivity index (χ1v) is 11.9. The molecule has 8 heteroatoms. The minimum absolute atomic E-state index is 0.259. The molecule has 1 aliphatic rings. The minimum Gasteiger partial charge on any atom is -0.493 e. The van der Waals surface area contributed by atoms with Crippen LogP contribution in [-0.4, -0.2) is 70.1 Å². The number of ether oxygens (including phenoxy) is 1. The lowest BCUT2D eigenvalue weighted by atomic mass is 10.1. The van der Waals surface area contributed by atoms with Gasteiger partial charge >= 0.3 is 0 Å². The molecule has 2 rings (SSSR count). The summed E-state index contributed by atoms with van der Waals surface area (Å²) in [6.45, 7) is 10.9. The average molecular weight is 411 g/mol. The minimum atomic E-state index is -2.83. The summed E-state index contributed by atoms with van der Waals surface area (Å²) in [6.07, 6.45) is 0.971. The van der Waals surface area contributed by atoms with Gasteiger partial charge in [-0.3, -0.25) is 4.90 Å². The summed E-state index contributed by atoms with van der Waals surface area (Å²) in [6, 6.07) is 6.21. The van der Waals surface area contributed by atoms with E-state index in [-0.39, 0.29) is 11.5 Å². The van der Waals surface area contributed by atoms with Crippen LogP contribution >= 0.6 is 0 Å². The zero-order chi connectivity index (χ0) is 20.4. The number of sulfone groups is 1. The van der Waals surface area contributed by atoms with Gasteiger partial charge in [-0.15, -0.1) is 0 Å². The van der Waals surface area contributed by atoms with E-state index in [1.54, 1.807) is 0 Å². The summed E-state index contributed by atoms with van der Waals surface area (Å²) in [5.74, 6) is 2.18. The van der Waals surface area contributed by atoms with Crippen LogP contribution in [0.5, 0.6) is 5.75 Å². The SMILES string of the molecule is CCCOc1cc(C)ccc1CN=C(NCC)NCCN1CCS(=O)(=O)CC1. The fourth-order valence-corrected chi connectivity index (χ4v) is 4.23. The summed E-state index contributed by atoms with van der Waals surface area (Å²) >= 11 is 0. The van der Waals surface area contributed by atoms with Crippen molar-refractivity contribution in [3.8, 4) is 5.75 Å². The van der Waals surface area contributed by atoms with Crippen molar-refractivity contribution < 1.29 is 13.2 Å². The van der Waals surface area contributed by atoms with Crippen molar-refractivity contribution >= 4 is 15.8 Å². The van der Waals surface area contributed by atoms with Gasteiger partial charge in [-0.2, -0.15) is 0 Å². The fraction of sp³-hybridized carbons (Fsp3) is 0.650. The lowest BCUT2D eigenvalue weighted by Gasteiger charge is -2.26. The van der Waals surface area contributed by atoms with E-state index in [4.69, 9.17) is 4.74 Å². The second-order valence-corrected chi connectivity index (χ2v) is 9.38. The number of guanidine groups is 1. The van der Waals surface area contributed by atoms with Crippen LogP contribution in [0.3, 0.4) is 0 Å². The molecular weight excluding hydrogens is 376 g/mol. The Hall–Kier alpha value is -1.80. The molecular formula is C20H34N4O3S. The summed E-state index contributed by atoms with van der Waals surface area (Å²) in [4.78, 5) is 6.86. The molecule has 1 fully saturated rings. The van der Waals surface area contributed by atoms with E-state index in [1.807, 2.05) is 6.92 Å². The van der Waals surface area contributed by atoms with Crippen LogP contribution < -0.4 is 15.4 Å². The Kier molecular flexibility index (Phi) is 9.05. The predicted molar refractivity (Wildman–Crippen MR) is 115 cm³/mol. The Morgan fingerprint density at radius 1 is 1.21 bits per heavy atom. The molecule has 1 aromatic carbocycles. The Morgan fingerprint density at radius 3 is 2.64 bits per heavy atom. The molecule has 0 aromatic heterocycles. The maximum atomic E-state index is 11.5. The van der Waals surface area contributed by atoms with Gasteiger partial charge < -0.3 is 15.4 Å². The van der Waals surface area contributed by atoms with E-state index in [1.165, 1.54) is 5.56 Å². The third kappa shape index (κ3) is 7.67. The van der Waals surface area contributed by atoms with Crippen molar-refractivity contribution in [3.63, 3.8) is 0 Å². The van der Waals surface area contributed by atoms with Crippen LogP contribution in [-0.2, 0) is 16.4 Å². The quantitative estimate of drug-likeness (QED) is 0.475. The Morgan fingerprint density at radius 2 is 1.96 bits per heavy atom. The van der Waals surface area contributed by atoms with Crippen molar-refractivity contribution in [1.82, 2.24) is 15.5 Å². The molecule has 0 bridgehead atoms. The van der Waals surface area contributed by atoms with Gasteiger partial charge in [-0.1, -0.05) is 19.1 Å². The van der Waals surface area contributed by atoms with Crippen LogP contribution in [0.1, 0.15) is 31.4 Å².